The molecule has 0 spiro atoms. The number of nitrogens with one attached hydrogen (secondary N) is 2. The van der Waals surface area contributed by atoms with Gasteiger partial charge in [0, 0.05) is 19.4 Å². The molecule has 2 aliphatic heterocycles. The van der Waals surface area contributed by atoms with Crippen LogP contribution in [0.1, 0.15) is 24.1 Å². The van der Waals surface area contributed by atoms with E-state index in [0.717, 1.165) is 5.56 Å². The standard InChI is InChI=1S/C22H20N2O6/c1-12(25)30-15-9-7-14(8-10-15)18-16-17(20(27)23-19(16)26)22(24-18,21(28)29)11-13-5-3-2-4-6-13/h2-10,16-18,24H,11H2,1H3,(H,28,29)(H,23,26,27). The highest BCUT2D eigenvalue weighted by atomic mass is 16.5. The summed E-state index contributed by atoms with van der Waals surface area (Å²) in [4.78, 5) is 48.8. The fourth-order valence-corrected chi connectivity index (χ4v) is 4.48. The van der Waals surface area contributed by atoms with Gasteiger partial charge in [-0.15, -0.1) is 0 Å². The zero-order valence-electron chi connectivity index (χ0n) is 16.1. The molecule has 2 aliphatic rings. The van der Waals surface area contributed by atoms with Crippen LogP contribution < -0.4 is 15.4 Å². The molecule has 0 bridgehead atoms. The molecule has 0 radical (unpaired) electrons. The summed E-state index contributed by atoms with van der Waals surface area (Å²) in [6.07, 6.45) is 0.0487. The first-order valence-electron chi connectivity index (χ1n) is 9.50. The lowest BCUT2D eigenvalue weighted by Gasteiger charge is -2.30. The third-order valence-corrected chi connectivity index (χ3v) is 5.70. The highest BCUT2D eigenvalue weighted by Gasteiger charge is 2.66. The molecule has 4 unspecified atom stereocenters. The van der Waals surface area contributed by atoms with Crippen LogP contribution >= 0.6 is 0 Å². The number of carboxylic acid groups (broad SMARTS) is 1. The molecule has 4 atom stereocenters. The Morgan fingerprint density at radius 3 is 2.30 bits per heavy atom. The van der Waals surface area contributed by atoms with Crippen LogP contribution in [0.2, 0.25) is 0 Å². The van der Waals surface area contributed by atoms with Crippen molar-refractivity contribution in [3.05, 3.63) is 65.7 Å². The number of amides is 2. The molecule has 2 fully saturated rings. The quantitative estimate of drug-likeness (QED) is 0.386. The molecule has 4 rings (SSSR count). The molecular formula is C22H20N2O6. The van der Waals surface area contributed by atoms with Crippen molar-refractivity contribution in [2.45, 2.75) is 24.9 Å². The maximum atomic E-state index is 12.6. The number of ether oxygens (including phenoxy) is 1. The van der Waals surface area contributed by atoms with Crippen molar-refractivity contribution in [2.24, 2.45) is 11.8 Å². The van der Waals surface area contributed by atoms with Gasteiger partial charge in [-0.2, -0.15) is 0 Å². The zero-order chi connectivity index (χ0) is 21.5. The van der Waals surface area contributed by atoms with Crippen LogP contribution in [0.4, 0.5) is 0 Å². The van der Waals surface area contributed by atoms with E-state index < -0.39 is 47.2 Å². The van der Waals surface area contributed by atoms with Crippen molar-refractivity contribution in [3.63, 3.8) is 0 Å². The van der Waals surface area contributed by atoms with Gasteiger partial charge in [-0.05, 0) is 23.3 Å². The van der Waals surface area contributed by atoms with Crippen LogP contribution in [0.25, 0.3) is 0 Å². The van der Waals surface area contributed by atoms with E-state index in [4.69, 9.17) is 4.74 Å². The number of benzene rings is 2. The van der Waals surface area contributed by atoms with E-state index in [9.17, 15) is 24.3 Å². The van der Waals surface area contributed by atoms with Crippen molar-refractivity contribution in [1.29, 1.82) is 0 Å². The van der Waals surface area contributed by atoms with Gasteiger partial charge in [0.1, 0.15) is 11.3 Å². The maximum Gasteiger partial charge on any atom is 0.325 e. The maximum absolute atomic E-state index is 12.6. The molecule has 2 aromatic rings. The fraction of sp³-hybridized carbons (Fsp3) is 0.273. The first-order valence-corrected chi connectivity index (χ1v) is 9.50. The van der Waals surface area contributed by atoms with Crippen LogP contribution in [-0.4, -0.2) is 34.4 Å². The van der Waals surface area contributed by atoms with Crippen molar-refractivity contribution in [1.82, 2.24) is 10.6 Å². The van der Waals surface area contributed by atoms with Gasteiger partial charge in [-0.3, -0.25) is 29.8 Å². The van der Waals surface area contributed by atoms with Gasteiger partial charge in [0.15, 0.2) is 0 Å². The smallest absolute Gasteiger partial charge is 0.325 e. The minimum atomic E-state index is -1.64. The van der Waals surface area contributed by atoms with Crippen molar-refractivity contribution in [3.8, 4) is 5.75 Å². The summed E-state index contributed by atoms with van der Waals surface area (Å²) in [6, 6.07) is 14.8. The molecule has 2 amide bonds. The Hall–Kier alpha value is -3.52. The first kappa shape index (κ1) is 19.8. The van der Waals surface area contributed by atoms with Crippen LogP contribution in [0.3, 0.4) is 0 Å². The Bertz CT molecular complexity index is 1020. The molecule has 0 saturated carbocycles. The number of carboxylic acids is 1. The van der Waals surface area contributed by atoms with E-state index in [-0.39, 0.29) is 6.42 Å². The van der Waals surface area contributed by atoms with Crippen molar-refractivity contribution >= 4 is 23.8 Å². The van der Waals surface area contributed by atoms with Gasteiger partial charge in [0.2, 0.25) is 11.8 Å². The Labute approximate surface area is 172 Å². The third kappa shape index (κ3) is 3.25. The molecule has 8 nitrogen and oxygen atoms in total. The van der Waals surface area contributed by atoms with Crippen molar-refractivity contribution in [2.75, 3.05) is 0 Å². The average Bonchev–Trinajstić information content (AvgIpc) is 3.20. The van der Waals surface area contributed by atoms with Crippen LogP contribution in [-0.2, 0) is 25.6 Å². The molecule has 2 saturated heterocycles. The molecule has 2 aromatic carbocycles. The minimum absolute atomic E-state index is 0.0487. The monoisotopic (exact) mass is 408 g/mol. The Morgan fingerprint density at radius 2 is 1.70 bits per heavy atom. The molecular weight excluding hydrogens is 388 g/mol. The highest BCUT2D eigenvalue weighted by molar-refractivity contribution is 6.09. The van der Waals surface area contributed by atoms with Gasteiger partial charge >= 0.3 is 11.9 Å². The summed E-state index contributed by atoms with van der Waals surface area (Å²) in [5.74, 6) is -4.32. The van der Waals surface area contributed by atoms with E-state index in [1.807, 2.05) is 6.07 Å². The second kappa shape index (κ2) is 7.38. The van der Waals surface area contributed by atoms with Crippen molar-refractivity contribution < 1.29 is 29.0 Å². The minimum Gasteiger partial charge on any atom is -0.480 e. The summed E-state index contributed by atoms with van der Waals surface area (Å²) in [6.45, 7) is 1.29. The van der Waals surface area contributed by atoms with Gasteiger partial charge in [-0.25, -0.2) is 0 Å². The molecule has 2 heterocycles. The predicted molar refractivity (Wildman–Crippen MR) is 104 cm³/mol. The van der Waals surface area contributed by atoms with E-state index in [2.05, 4.69) is 10.6 Å². The number of carbonyl (C=O) groups excluding carboxylic acids is 3. The molecule has 0 aromatic heterocycles. The summed E-state index contributed by atoms with van der Waals surface area (Å²) in [5.41, 5.74) is -0.271. The molecule has 3 N–H and O–H groups in total. The first-order chi connectivity index (χ1) is 14.3. The van der Waals surface area contributed by atoms with E-state index in [0.29, 0.717) is 11.3 Å². The van der Waals surface area contributed by atoms with Crippen LogP contribution in [0, 0.1) is 11.8 Å². The second-order valence-corrected chi connectivity index (χ2v) is 7.58. The van der Waals surface area contributed by atoms with E-state index >= 15 is 0 Å². The Balaban J connectivity index is 1.74. The predicted octanol–water partition coefficient (Wildman–Crippen LogP) is 1.21. The molecule has 0 aliphatic carbocycles. The van der Waals surface area contributed by atoms with Gasteiger partial charge in [0.05, 0.1) is 11.8 Å². The largest absolute Gasteiger partial charge is 0.480 e. The SMILES string of the molecule is CC(=O)Oc1ccc(C2NC(Cc3ccccc3)(C(=O)O)C3C(=O)NC(=O)C23)cc1. The highest BCUT2D eigenvalue weighted by Crippen LogP contribution is 2.47. The van der Waals surface area contributed by atoms with Gasteiger partial charge in [-0.1, -0.05) is 42.5 Å². The number of fused-ring (bicyclic) bond motifs is 1. The molecule has 30 heavy (non-hydrogen) atoms. The summed E-state index contributed by atoms with van der Waals surface area (Å²) in [7, 11) is 0. The lowest BCUT2D eigenvalue weighted by Crippen LogP contribution is -2.57. The molecule has 154 valence electrons. The van der Waals surface area contributed by atoms with Crippen LogP contribution in [0.15, 0.2) is 54.6 Å². The topological polar surface area (TPSA) is 122 Å². The van der Waals surface area contributed by atoms with Gasteiger partial charge < -0.3 is 9.84 Å². The second-order valence-electron chi connectivity index (χ2n) is 7.58. The number of carbonyl (C=O) groups is 4. The third-order valence-electron chi connectivity index (χ3n) is 5.70. The number of esters is 1. The zero-order valence-corrected chi connectivity index (χ0v) is 16.1. The number of imide groups is 1. The number of aliphatic carboxylic acids is 1. The summed E-state index contributed by atoms with van der Waals surface area (Å²) >= 11 is 0. The van der Waals surface area contributed by atoms with E-state index in [1.54, 1.807) is 48.5 Å². The summed E-state index contributed by atoms with van der Waals surface area (Å²) < 4.78 is 5.03. The van der Waals surface area contributed by atoms with E-state index in [1.165, 1.54) is 6.92 Å². The van der Waals surface area contributed by atoms with Gasteiger partial charge in [0.25, 0.3) is 0 Å². The van der Waals surface area contributed by atoms with Crippen LogP contribution in [0.5, 0.6) is 5.75 Å². The number of rotatable bonds is 5. The Morgan fingerprint density at radius 1 is 1.03 bits per heavy atom. The summed E-state index contributed by atoms with van der Waals surface area (Å²) in [5, 5.41) is 15.6. The lowest BCUT2D eigenvalue weighted by molar-refractivity contribution is -0.149. The number of hydrogen-bond donors (Lipinski definition) is 3. The molecule has 8 heteroatoms. The fourth-order valence-electron chi connectivity index (χ4n) is 4.48. The number of hydrogen-bond acceptors (Lipinski definition) is 6. The Kier molecular flexibility index (Phi) is 4.87. The normalized spacial score (nSPS) is 27.4. The lowest BCUT2D eigenvalue weighted by atomic mass is 9.76. The average molecular weight is 408 g/mol.